The predicted octanol–water partition coefficient (Wildman–Crippen LogP) is 3.49. The Morgan fingerprint density at radius 2 is 0.897 bits per heavy atom. The molecule has 0 spiro atoms. The Morgan fingerprint density at radius 1 is 0.862 bits per heavy atom. The largest absolute Gasteiger partial charge is 0.481 e. The van der Waals surface area contributed by atoms with Gasteiger partial charge in [-0.05, 0) is 41.5 Å². The number of carbonyl (C=O) groups is 5. The fourth-order valence-electron chi connectivity index (χ4n) is 0. The number of rotatable bonds is 0. The van der Waals surface area contributed by atoms with Gasteiger partial charge in [-0.2, -0.15) is 4.39 Å². The van der Waals surface area contributed by atoms with E-state index in [1.165, 1.54) is 40.4 Å². The van der Waals surface area contributed by atoms with Gasteiger partial charge in [0.05, 0.1) is 7.11 Å². The standard InChI is InChI=1S/C4H8.C3H7N.C3H6O2.C3H6O.C2H3FO.C2H5NO.C2H4O2/c1-4(2)3;1-3(2)4;1-3(4)5-2;1-3(2)4;3*1-2(3)4/h1H2,2-3H3;4H,1-2H3;1-2H3;1-2H3;1H3;1H3,(H2,3,4);1H3,(H,3,4). The van der Waals surface area contributed by atoms with Crippen LogP contribution >= 0.6 is 0 Å². The van der Waals surface area contributed by atoms with E-state index in [9.17, 15) is 18.8 Å². The number of hydrogen-bond acceptors (Lipinski definition) is 7. The number of halogens is 1. The first-order valence-corrected chi connectivity index (χ1v) is 7.94. The summed E-state index contributed by atoms with van der Waals surface area (Å²) in [6.07, 6.45) is 0. The van der Waals surface area contributed by atoms with E-state index in [0.717, 1.165) is 13.8 Å². The number of hydrogen-bond donors (Lipinski definition) is 3. The van der Waals surface area contributed by atoms with Crippen LogP contribution in [0, 0.1) is 5.41 Å². The lowest BCUT2D eigenvalue weighted by atomic mass is 10.4. The van der Waals surface area contributed by atoms with E-state index >= 15 is 0 Å². The predicted molar refractivity (Wildman–Crippen MR) is 114 cm³/mol. The Kier molecular flexibility index (Phi) is 62.1. The van der Waals surface area contributed by atoms with E-state index in [4.69, 9.17) is 20.1 Å². The van der Waals surface area contributed by atoms with Gasteiger partial charge in [0.25, 0.3) is 12.0 Å². The van der Waals surface area contributed by atoms with E-state index in [1.807, 2.05) is 13.8 Å². The molecule has 4 N–H and O–H groups in total. The number of carboxylic acid groups (broad SMARTS) is 1. The van der Waals surface area contributed by atoms with Gasteiger partial charge in [-0.15, -0.1) is 6.58 Å². The van der Waals surface area contributed by atoms with Gasteiger partial charge in [-0.25, -0.2) is 0 Å². The van der Waals surface area contributed by atoms with Crippen LogP contribution in [0.1, 0.15) is 69.2 Å². The van der Waals surface area contributed by atoms with Gasteiger partial charge in [-0.1, -0.05) is 5.57 Å². The summed E-state index contributed by atoms with van der Waals surface area (Å²) >= 11 is 0. The van der Waals surface area contributed by atoms with Crippen LogP contribution in [-0.2, 0) is 28.7 Å². The number of esters is 1. The molecular formula is C19H39FN2O7. The minimum Gasteiger partial charge on any atom is -0.481 e. The number of allylic oxidation sites excluding steroid dienone is 1. The number of methoxy groups -OCH3 is 1. The van der Waals surface area contributed by atoms with E-state index in [0.29, 0.717) is 5.71 Å². The first kappa shape index (κ1) is 45.1. The highest BCUT2D eigenvalue weighted by molar-refractivity contribution is 5.75. The maximum absolute atomic E-state index is 10.4. The molecule has 0 unspecified atom stereocenters. The zero-order valence-electron chi connectivity index (χ0n) is 19.6. The zero-order chi connectivity index (χ0) is 25.7. The third-order valence-electron chi connectivity index (χ3n) is 0.287. The second kappa shape index (κ2) is 40.0. The molecule has 9 nitrogen and oxygen atoms in total. The topological polar surface area (TPSA) is 165 Å². The van der Waals surface area contributed by atoms with Gasteiger partial charge in [0.15, 0.2) is 0 Å². The maximum atomic E-state index is 10.4. The Morgan fingerprint density at radius 3 is 0.897 bits per heavy atom. The van der Waals surface area contributed by atoms with Crippen molar-refractivity contribution in [2.75, 3.05) is 7.11 Å². The number of Topliss-reactive ketones (excluding diaryl/α,β-unsaturated/α-hetero) is 1. The van der Waals surface area contributed by atoms with Crippen molar-refractivity contribution < 1.29 is 38.2 Å². The van der Waals surface area contributed by atoms with E-state index < -0.39 is 12.0 Å². The molecule has 0 aliphatic rings. The van der Waals surface area contributed by atoms with Gasteiger partial charge in [0.2, 0.25) is 5.91 Å². The van der Waals surface area contributed by atoms with Gasteiger partial charge in [0.1, 0.15) is 5.78 Å². The molecule has 0 saturated carbocycles. The highest BCUT2D eigenvalue weighted by atomic mass is 19.1. The maximum Gasteiger partial charge on any atom is 0.302 e. The quantitative estimate of drug-likeness (QED) is 0.231. The van der Waals surface area contributed by atoms with Crippen molar-refractivity contribution >= 4 is 35.4 Å². The van der Waals surface area contributed by atoms with Gasteiger partial charge in [-0.3, -0.25) is 19.2 Å². The van der Waals surface area contributed by atoms with Crippen LogP contribution < -0.4 is 5.73 Å². The molecule has 0 aromatic carbocycles. The summed E-state index contributed by atoms with van der Waals surface area (Å²) in [6.45, 7) is 18.7. The van der Waals surface area contributed by atoms with E-state index in [1.54, 1.807) is 13.8 Å². The Balaban J connectivity index is -0.0000000390. The minimum atomic E-state index is -1.33. The van der Waals surface area contributed by atoms with Gasteiger partial charge >= 0.3 is 5.97 Å². The summed E-state index contributed by atoms with van der Waals surface area (Å²) < 4.78 is 14.5. The molecule has 10 heteroatoms. The molecule has 0 bridgehead atoms. The molecule has 0 aromatic rings. The first-order valence-electron chi connectivity index (χ1n) is 7.94. The molecule has 29 heavy (non-hydrogen) atoms. The Labute approximate surface area is 174 Å². The summed E-state index contributed by atoms with van der Waals surface area (Å²) in [4.78, 5) is 46.0. The van der Waals surface area contributed by atoms with Gasteiger partial charge < -0.3 is 25.8 Å². The van der Waals surface area contributed by atoms with Crippen LogP contribution in [0.3, 0.4) is 0 Å². The Hall–Kier alpha value is -2.91. The van der Waals surface area contributed by atoms with Crippen LogP contribution in [0.5, 0.6) is 0 Å². The highest BCUT2D eigenvalue weighted by Crippen LogP contribution is 1.73. The molecule has 0 atom stereocenters. The average Bonchev–Trinajstić information content (AvgIpc) is 2.34. The number of ether oxygens (including phenoxy) is 1. The van der Waals surface area contributed by atoms with Crippen LogP contribution in [0.2, 0.25) is 0 Å². The van der Waals surface area contributed by atoms with Crippen molar-refractivity contribution in [2.24, 2.45) is 5.73 Å². The molecule has 0 saturated heterocycles. The molecule has 0 radical (unpaired) electrons. The molecule has 0 aliphatic heterocycles. The van der Waals surface area contributed by atoms with Gasteiger partial charge in [0, 0.05) is 33.4 Å². The third kappa shape index (κ3) is 16200. The fourth-order valence-corrected chi connectivity index (χ4v) is 0. The SMILES string of the molecule is C=C(C)C.CC(=O)F.CC(=O)O.CC(C)=N.CC(C)=O.CC(N)=O.COC(C)=O. The van der Waals surface area contributed by atoms with Crippen LogP contribution in [0.15, 0.2) is 12.2 Å². The molecule has 0 fully saturated rings. The number of ketones is 1. The third-order valence-corrected chi connectivity index (χ3v) is 0.287. The second-order valence-corrected chi connectivity index (χ2v) is 5.41. The smallest absolute Gasteiger partial charge is 0.302 e. The molecule has 0 heterocycles. The molecule has 174 valence electrons. The summed E-state index contributed by atoms with van der Waals surface area (Å²) in [5.41, 5.74) is 6.31. The number of nitrogens with one attached hydrogen (secondary N) is 1. The highest BCUT2D eigenvalue weighted by Gasteiger charge is 1.75. The number of carboxylic acids is 1. The molecule has 0 aromatic heterocycles. The molecular weight excluding hydrogens is 387 g/mol. The summed E-state index contributed by atoms with van der Waals surface area (Å²) in [6, 6.07) is -1.33. The molecule has 0 aliphatic carbocycles. The normalized spacial score (nSPS) is 6.48. The lowest BCUT2D eigenvalue weighted by Gasteiger charge is -1.80. The van der Waals surface area contributed by atoms with Crippen molar-refractivity contribution in [1.82, 2.24) is 0 Å². The number of primary amides is 1. The average molecular weight is 427 g/mol. The number of aliphatic carboxylic acids is 1. The van der Waals surface area contributed by atoms with Crippen molar-refractivity contribution in [2.45, 2.75) is 69.2 Å². The lowest BCUT2D eigenvalue weighted by Crippen LogP contribution is -2.01. The summed E-state index contributed by atoms with van der Waals surface area (Å²) in [5.74, 6) is -1.25. The van der Waals surface area contributed by atoms with Crippen molar-refractivity contribution in [3.8, 4) is 0 Å². The van der Waals surface area contributed by atoms with Crippen LogP contribution in [0.25, 0.3) is 0 Å². The number of amides is 1. The molecule has 1 amide bonds. The summed E-state index contributed by atoms with van der Waals surface area (Å²) in [5, 5.41) is 13.9. The van der Waals surface area contributed by atoms with E-state index in [-0.39, 0.29) is 17.7 Å². The monoisotopic (exact) mass is 426 g/mol. The van der Waals surface area contributed by atoms with Crippen molar-refractivity contribution in [1.29, 1.82) is 5.41 Å². The fraction of sp³-hybridized carbons (Fsp3) is 0.579. The van der Waals surface area contributed by atoms with Crippen LogP contribution in [0.4, 0.5) is 4.39 Å². The minimum absolute atomic E-state index is 0.167. The van der Waals surface area contributed by atoms with E-state index in [2.05, 4.69) is 17.0 Å². The van der Waals surface area contributed by atoms with Crippen LogP contribution in [-0.4, -0.2) is 47.6 Å². The van der Waals surface area contributed by atoms with Crippen molar-refractivity contribution in [3.05, 3.63) is 12.2 Å². The lowest BCUT2D eigenvalue weighted by molar-refractivity contribution is -0.138. The second-order valence-electron chi connectivity index (χ2n) is 5.41. The molecule has 0 rings (SSSR count). The summed E-state index contributed by atoms with van der Waals surface area (Å²) in [7, 11) is 1.35. The number of carbonyl (C=O) groups excluding carboxylic acids is 4. The number of nitrogens with two attached hydrogens (primary N) is 1. The first-order chi connectivity index (χ1) is 12.7. The van der Waals surface area contributed by atoms with Crippen molar-refractivity contribution in [3.63, 3.8) is 0 Å². The zero-order valence-corrected chi connectivity index (χ0v) is 19.6. The Bertz CT molecular complexity index is 360.